The predicted molar refractivity (Wildman–Crippen MR) is 90.5 cm³/mol. The lowest BCUT2D eigenvalue weighted by atomic mass is 10.0. The largest absolute Gasteiger partial charge is 0.348 e. The number of nitrogens with zero attached hydrogens (tertiary/aromatic N) is 1. The maximum atomic E-state index is 12.0. The zero-order valence-electron chi connectivity index (χ0n) is 13.4. The van der Waals surface area contributed by atoms with E-state index in [1.165, 1.54) is 6.92 Å². The Hall–Kier alpha value is -2.21. The molecule has 2 atom stereocenters. The molecule has 1 N–H and O–H groups in total. The van der Waals surface area contributed by atoms with Gasteiger partial charge in [0.15, 0.2) is 9.84 Å². The molecule has 1 aromatic heterocycles. The van der Waals surface area contributed by atoms with Crippen molar-refractivity contribution in [3.63, 3.8) is 0 Å². The van der Waals surface area contributed by atoms with Crippen molar-refractivity contribution in [2.24, 2.45) is 0 Å². The van der Waals surface area contributed by atoms with Crippen LogP contribution in [0.1, 0.15) is 25.5 Å². The van der Waals surface area contributed by atoms with Gasteiger partial charge in [-0.2, -0.15) is 0 Å². The van der Waals surface area contributed by atoms with Crippen LogP contribution < -0.4 is 5.32 Å². The highest BCUT2D eigenvalue weighted by molar-refractivity contribution is 7.92. The molecule has 2 aromatic rings. The van der Waals surface area contributed by atoms with E-state index in [1.807, 2.05) is 43.3 Å². The summed E-state index contributed by atoms with van der Waals surface area (Å²) in [6.07, 6.45) is 4.57. The second kappa shape index (κ2) is 6.91. The first-order valence-corrected chi connectivity index (χ1v) is 9.24. The molecule has 0 aliphatic heterocycles. The summed E-state index contributed by atoms with van der Waals surface area (Å²) in [6.45, 7) is 3.22. The van der Waals surface area contributed by atoms with Crippen molar-refractivity contribution in [2.45, 2.75) is 25.1 Å². The van der Waals surface area contributed by atoms with Crippen molar-refractivity contribution in [1.82, 2.24) is 10.3 Å². The Labute approximate surface area is 136 Å². The van der Waals surface area contributed by atoms with Gasteiger partial charge in [-0.3, -0.25) is 9.78 Å². The minimum atomic E-state index is -3.39. The highest BCUT2D eigenvalue weighted by Crippen LogP contribution is 2.21. The number of hydrogen-bond acceptors (Lipinski definition) is 4. The number of benzene rings is 1. The number of pyridine rings is 1. The van der Waals surface area contributed by atoms with Crippen molar-refractivity contribution in [1.29, 1.82) is 0 Å². The Balaban J connectivity index is 2.09. The summed E-state index contributed by atoms with van der Waals surface area (Å²) >= 11 is 0. The van der Waals surface area contributed by atoms with Crippen LogP contribution in [0.3, 0.4) is 0 Å². The number of aromatic nitrogens is 1. The molecule has 23 heavy (non-hydrogen) atoms. The average Bonchev–Trinajstić information content (AvgIpc) is 2.54. The van der Waals surface area contributed by atoms with Gasteiger partial charge in [0.1, 0.15) is 5.25 Å². The van der Waals surface area contributed by atoms with Crippen LogP contribution in [0.5, 0.6) is 0 Å². The van der Waals surface area contributed by atoms with E-state index in [4.69, 9.17) is 0 Å². The topological polar surface area (TPSA) is 76.1 Å². The highest BCUT2D eigenvalue weighted by Gasteiger charge is 2.24. The third-order valence-electron chi connectivity index (χ3n) is 3.78. The molecule has 0 saturated heterocycles. The summed E-state index contributed by atoms with van der Waals surface area (Å²) in [5.41, 5.74) is 2.96. The normalized spacial score (nSPS) is 14.0. The van der Waals surface area contributed by atoms with E-state index in [9.17, 15) is 13.2 Å². The van der Waals surface area contributed by atoms with E-state index in [1.54, 1.807) is 12.4 Å². The van der Waals surface area contributed by atoms with Gasteiger partial charge in [-0.15, -0.1) is 0 Å². The molecule has 0 fully saturated rings. The summed E-state index contributed by atoms with van der Waals surface area (Å²) in [5.74, 6) is -0.490. The van der Waals surface area contributed by atoms with E-state index in [2.05, 4.69) is 10.3 Å². The van der Waals surface area contributed by atoms with Gasteiger partial charge in [-0.25, -0.2) is 8.42 Å². The van der Waals surface area contributed by atoms with Gasteiger partial charge >= 0.3 is 0 Å². The Morgan fingerprint density at radius 2 is 1.74 bits per heavy atom. The van der Waals surface area contributed by atoms with Crippen LogP contribution in [0.25, 0.3) is 11.1 Å². The van der Waals surface area contributed by atoms with Crippen molar-refractivity contribution >= 4 is 15.7 Å². The van der Waals surface area contributed by atoms with Crippen molar-refractivity contribution in [3.8, 4) is 11.1 Å². The van der Waals surface area contributed by atoms with Crippen LogP contribution in [-0.2, 0) is 14.6 Å². The minimum Gasteiger partial charge on any atom is -0.348 e. The Bertz CT molecular complexity index is 771. The van der Waals surface area contributed by atoms with Gasteiger partial charge in [0.2, 0.25) is 5.91 Å². The summed E-state index contributed by atoms with van der Waals surface area (Å²) in [6, 6.07) is 11.3. The van der Waals surface area contributed by atoms with E-state index >= 15 is 0 Å². The van der Waals surface area contributed by atoms with Crippen LogP contribution in [0.2, 0.25) is 0 Å². The molecule has 2 rings (SSSR count). The van der Waals surface area contributed by atoms with E-state index < -0.39 is 21.0 Å². The van der Waals surface area contributed by atoms with Gasteiger partial charge in [-0.05, 0) is 36.6 Å². The van der Waals surface area contributed by atoms with Gasteiger partial charge in [0.25, 0.3) is 0 Å². The molecular weight excluding hydrogens is 312 g/mol. The van der Waals surface area contributed by atoms with Crippen molar-refractivity contribution < 1.29 is 13.2 Å². The minimum absolute atomic E-state index is 0.269. The lowest BCUT2D eigenvalue weighted by Gasteiger charge is -2.17. The fourth-order valence-electron chi connectivity index (χ4n) is 2.11. The number of amides is 1. The first kappa shape index (κ1) is 17.1. The SMILES string of the molecule is C[C@H](NC(=O)[C@@H](C)S(C)(=O)=O)c1ccc(-c2cccnc2)cc1. The lowest BCUT2D eigenvalue weighted by Crippen LogP contribution is -2.38. The third-order valence-corrected chi connectivity index (χ3v) is 5.27. The number of nitrogens with one attached hydrogen (secondary N) is 1. The van der Waals surface area contributed by atoms with Crippen molar-refractivity contribution in [3.05, 3.63) is 54.4 Å². The molecule has 0 unspecified atom stereocenters. The molecule has 6 heteroatoms. The molecule has 122 valence electrons. The number of carbonyl (C=O) groups excluding carboxylic acids is 1. The summed E-state index contributed by atoms with van der Waals surface area (Å²) in [5, 5.41) is 1.68. The Morgan fingerprint density at radius 3 is 2.26 bits per heavy atom. The Kier molecular flexibility index (Phi) is 5.15. The standard InChI is InChI=1S/C17H20N2O3S/c1-12(19-17(20)13(2)23(3,21)22)14-6-8-15(9-7-14)16-5-4-10-18-11-16/h4-13H,1-3H3,(H,19,20)/t12-,13+/m0/s1. The molecule has 0 spiro atoms. The van der Waals surface area contributed by atoms with E-state index in [-0.39, 0.29) is 6.04 Å². The molecule has 1 amide bonds. The lowest BCUT2D eigenvalue weighted by molar-refractivity contribution is -0.121. The first-order chi connectivity index (χ1) is 10.8. The number of rotatable bonds is 5. The summed E-state index contributed by atoms with van der Waals surface area (Å²) in [7, 11) is -3.39. The monoisotopic (exact) mass is 332 g/mol. The molecule has 0 aliphatic carbocycles. The zero-order chi connectivity index (χ0) is 17.0. The van der Waals surface area contributed by atoms with E-state index in [0.29, 0.717) is 0 Å². The zero-order valence-corrected chi connectivity index (χ0v) is 14.2. The fourth-order valence-corrected chi connectivity index (χ4v) is 2.56. The predicted octanol–water partition coefficient (Wildman–Crippen LogP) is 2.36. The molecular formula is C17H20N2O3S. The van der Waals surface area contributed by atoms with Crippen LogP contribution in [-0.4, -0.2) is 30.8 Å². The molecule has 1 aromatic carbocycles. The number of hydrogen-bond donors (Lipinski definition) is 1. The van der Waals surface area contributed by atoms with Gasteiger partial charge in [-0.1, -0.05) is 30.3 Å². The average molecular weight is 332 g/mol. The van der Waals surface area contributed by atoms with Gasteiger partial charge in [0.05, 0.1) is 6.04 Å². The van der Waals surface area contributed by atoms with Crippen molar-refractivity contribution in [2.75, 3.05) is 6.26 Å². The fraction of sp³-hybridized carbons (Fsp3) is 0.294. The smallest absolute Gasteiger partial charge is 0.238 e. The van der Waals surface area contributed by atoms with Crippen LogP contribution in [0, 0.1) is 0 Å². The highest BCUT2D eigenvalue weighted by atomic mass is 32.2. The molecule has 0 bridgehead atoms. The number of carbonyl (C=O) groups is 1. The first-order valence-electron chi connectivity index (χ1n) is 7.28. The second-order valence-electron chi connectivity index (χ2n) is 5.57. The second-order valence-corrected chi connectivity index (χ2v) is 7.93. The summed E-state index contributed by atoms with van der Waals surface area (Å²) < 4.78 is 22.9. The molecule has 1 heterocycles. The van der Waals surface area contributed by atoms with Crippen LogP contribution in [0.4, 0.5) is 0 Å². The molecule has 5 nitrogen and oxygen atoms in total. The van der Waals surface area contributed by atoms with Gasteiger partial charge < -0.3 is 5.32 Å². The molecule has 0 saturated carbocycles. The van der Waals surface area contributed by atoms with Gasteiger partial charge in [0, 0.05) is 18.6 Å². The Morgan fingerprint density at radius 1 is 1.09 bits per heavy atom. The van der Waals surface area contributed by atoms with Crippen LogP contribution in [0.15, 0.2) is 48.8 Å². The summed E-state index contributed by atoms with van der Waals surface area (Å²) in [4.78, 5) is 16.0. The van der Waals surface area contributed by atoms with Crippen LogP contribution >= 0.6 is 0 Å². The maximum absolute atomic E-state index is 12.0. The molecule has 0 radical (unpaired) electrons. The maximum Gasteiger partial charge on any atom is 0.238 e. The quantitative estimate of drug-likeness (QED) is 0.912. The third kappa shape index (κ3) is 4.39. The van der Waals surface area contributed by atoms with E-state index in [0.717, 1.165) is 22.9 Å². The molecule has 0 aliphatic rings. The number of sulfone groups is 1.